The van der Waals surface area contributed by atoms with Crippen LogP contribution in [0.1, 0.15) is 341 Å². The average molecular weight is 947 g/mol. The van der Waals surface area contributed by atoms with Gasteiger partial charge in [-0.3, -0.25) is 9.59 Å². The lowest BCUT2D eigenvalue weighted by atomic mass is 10.0. The van der Waals surface area contributed by atoms with Crippen molar-refractivity contribution < 1.29 is 24.5 Å². The van der Waals surface area contributed by atoms with E-state index in [2.05, 4.69) is 31.3 Å². The summed E-state index contributed by atoms with van der Waals surface area (Å²) in [5, 5.41) is 23.4. The number of carbonyl (C=O) groups is 2. The Kier molecular flexibility index (Phi) is 56.0. The van der Waals surface area contributed by atoms with Crippen molar-refractivity contribution >= 4 is 11.9 Å². The predicted molar refractivity (Wildman–Crippen MR) is 292 cm³/mol. The minimum atomic E-state index is -0.683. The lowest BCUT2D eigenvalue weighted by Gasteiger charge is -2.22. The van der Waals surface area contributed by atoms with Crippen molar-refractivity contribution in [2.24, 2.45) is 0 Å². The van der Waals surface area contributed by atoms with Gasteiger partial charge in [0.2, 0.25) is 5.91 Å². The standard InChI is InChI=1S/C61H119NO5/c1-3-5-7-9-11-13-15-17-19-21-22-23-24-25-26-27-29-30-32-34-37-41-45-49-53-59(64)58(57-63)62-60(65)54-50-46-42-38-36-40-44-48-52-56-67-61(66)55-51-47-43-39-35-33-31-28-20-18-16-14-12-10-8-6-4-2/h18,20,58-59,63-64H,3-17,19,21-57H2,1-2H3,(H,62,65)/b20-18-. The Morgan fingerprint density at radius 3 is 1.06 bits per heavy atom. The lowest BCUT2D eigenvalue weighted by Crippen LogP contribution is -2.45. The molecule has 2 unspecified atom stereocenters. The molecule has 0 rings (SSSR count). The molecule has 3 N–H and O–H groups in total. The topological polar surface area (TPSA) is 95.9 Å². The van der Waals surface area contributed by atoms with Crippen LogP contribution in [0.2, 0.25) is 0 Å². The summed E-state index contributed by atoms with van der Waals surface area (Å²) < 4.78 is 5.47. The number of esters is 1. The maximum Gasteiger partial charge on any atom is 0.305 e. The van der Waals surface area contributed by atoms with Crippen LogP contribution in [0.25, 0.3) is 0 Å². The zero-order chi connectivity index (χ0) is 48.6. The molecule has 1 amide bonds. The maximum absolute atomic E-state index is 12.5. The van der Waals surface area contributed by atoms with E-state index >= 15 is 0 Å². The summed E-state index contributed by atoms with van der Waals surface area (Å²) in [6, 6.07) is -0.562. The molecule has 6 heteroatoms. The van der Waals surface area contributed by atoms with Gasteiger partial charge < -0.3 is 20.3 Å². The molecule has 0 aromatic heterocycles. The second-order valence-corrected chi connectivity index (χ2v) is 21.0. The van der Waals surface area contributed by atoms with E-state index in [-0.39, 0.29) is 18.5 Å². The number of rotatable bonds is 57. The first kappa shape index (κ1) is 65.6. The highest BCUT2D eigenvalue weighted by Crippen LogP contribution is 2.18. The number of hydrogen-bond acceptors (Lipinski definition) is 5. The van der Waals surface area contributed by atoms with E-state index in [0.717, 1.165) is 57.8 Å². The number of amides is 1. The zero-order valence-electron chi connectivity index (χ0n) is 45.4. The van der Waals surface area contributed by atoms with Gasteiger partial charge in [-0.1, -0.05) is 289 Å². The molecule has 6 nitrogen and oxygen atoms in total. The summed E-state index contributed by atoms with van der Waals surface area (Å²) in [6.45, 7) is 4.91. The first-order chi connectivity index (χ1) is 33.0. The van der Waals surface area contributed by atoms with Crippen LogP contribution in [-0.4, -0.2) is 47.4 Å². The first-order valence-corrected chi connectivity index (χ1v) is 30.4. The minimum absolute atomic E-state index is 0.0267. The maximum atomic E-state index is 12.5. The molecule has 0 aromatic carbocycles. The molecule has 67 heavy (non-hydrogen) atoms. The fourth-order valence-corrected chi connectivity index (χ4v) is 9.64. The van der Waals surface area contributed by atoms with Crippen LogP contribution in [0.4, 0.5) is 0 Å². The number of ether oxygens (including phenoxy) is 1. The second kappa shape index (κ2) is 57.2. The molecule has 0 aliphatic rings. The Hall–Kier alpha value is -1.40. The molecule has 0 saturated heterocycles. The Morgan fingerprint density at radius 2 is 0.701 bits per heavy atom. The summed E-state index contributed by atoms with van der Waals surface area (Å²) in [5.41, 5.74) is 0. The van der Waals surface area contributed by atoms with Crippen LogP contribution >= 0.6 is 0 Å². The Morgan fingerprint density at radius 1 is 0.403 bits per heavy atom. The van der Waals surface area contributed by atoms with Crippen LogP contribution < -0.4 is 5.32 Å². The third-order valence-electron chi connectivity index (χ3n) is 14.3. The van der Waals surface area contributed by atoms with Crippen molar-refractivity contribution in [3.05, 3.63) is 12.2 Å². The lowest BCUT2D eigenvalue weighted by molar-refractivity contribution is -0.143. The number of allylic oxidation sites excluding steroid dienone is 2. The van der Waals surface area contributed by atoms with Crippen molar-refractivity contribution in [3.63, 3.8) is 0 Å². The van der Waals surface area contributed by atoms with Crippen LogP contribution in [0, 0.1) is 0 Å². The number of hydrogen-bond donors (Lipinski definition) is 3. The minimum Gasteiger partial charge on any atom is -0.466 e. The van der Waals surface area contributed by atoms with Gasteiger partial charge in [-0.15, -0.1) is 0 Å². The molecule has 0 aliphatic carbocycles. The van der Waals surface area contributed by atoms with Gasteiger partial charge in [0.1, 0.15) is 0 Å². The fourth-order valence-electron chi connectivity index (χ4n) is 9.64. The van der Waals surface area contributed by atoms with E-state index in [0.29, 0.717) is 25.9 Å². The Labute approximate surface area is 419 Å². The van der Waals surface area contributed by atoms with Gasteiger partial charge in [0.05, 0.1) is 25.4 Å². The van der Waals surface area contributed by atoms with E-state index in [1.807, 2.05) is 0 Å². The quantitative estimate of drug-likeness (QED) is 0.0321. The monoisotopic (exact) mass is 946 g/mol. The van der Waals surface area contributed by atoms with Crippen LogP contribution in [0.3, 0.4) is 0 Å². The number of carbonyl (C=O) groups excluding carboxylic acids is 2. The zero-order valence-corrected chi connectivity index (χ0v) is 45.4. The van der Waals surface area contributed by atoms with Crippen molar-refractivity contribution in [1.82, 2.24) is 5.32 Å². The van der Waals surface area contributed by atoms with Crippen molar-refractivity contribution in [2.75, 3.05) is 13.2 Å². The molecule has 0 aliphatic heterocycles. The third-order valence-corrected chi connectivity index (χ3v) is 14.3. The molecule has 0 bridgehead atoms. The number of aliphatic hydroxyl groups excluding tert-OH is 2. The van der Waals surface area contributed by atoms with E-state index in [4.69, 9.17) is 4.74 Å². The molecule has 0 heterocycles. The highest BCUT2D eigenvalue weighted by molar-refractivity contribution is 5.76. The first-order valence-electron chi connectivity index (χ1n) is 30.4. The van der Waals surface area contributed by atoms with E-state index in [1.54, 1.807) is 0 Å². The van der Waals surface area contributed by atoms with Gasteiger partial charge in [0.15, 0.2) is 0 Å². The normalized spacial score (nSPS) is 12.6. The van der Waals surface area contributed by atoms with E-state index in [9.17, 15) is 19.8 Å². The third kappa shape index (κ3) is 53.8. The smallest absolute Gasteiger partial charge is 0.305 e. The van der Waals surface area contributed by atoms with E-state index in [1.165, 1.54) is 250 Å². The predicted octanol–water partition coefficient (Wildman–Crippen LogP) is 18.9. The van der Waals surface area contributed by atoms with Crippen molar-refractivity contribution in [3.8, 4) is 0 Å². The fraction of sp³-hybridized carbons (Fsp3) is 0.934. The highest BCUT2D eigenvalue weighted by Gasteiger charge is 2.20. The summed E-state index contributed by atoms with van der Waals surface area (Å²) in [5.74, 6) is -0.0852. The van der Waals surface area contributed by atoms with Crippen molar-refractivity contribution in [2.45, 2.75) is 353 Å². The molecule has 0 aromatic rings. The molecule has 398 valence electrons. The summed E-state index contributed by atoms with van der Waals surface area (Å²) >= 11 is 0. The van der Waals surface area contributed by atoms with Crippen LogP contribution in [0.5, 0.6) is 0 Å². The van der Waals surface area contributed by atoms with E-state index < -0.39 is 12.1 Å². The Balaban J connectivity index is 3.45. The molecule has 2 atom stereocenters. The molecular formula is C61H119NO5. The number of aliphatic hydroxyl groups is 2. The number of nitrogens with one attached hydrogen (secondary N) is 1. The molecule has 0 saturated carbocycles. The molecule has 0 spiro atoms. The number of unbranched alkanes of at least 4 members (excludes halogenated alkanes) is 44. The highest BCUT2D eigenvalue weighted by atomic mass is 16.5. The Bertz CT molecular complexity index is 1000. The second-order valence-electron chi connectivity index (χ2n) is 21.0. The van der Waals surface area contributed by atoms with Gasteiger partial charge in [-0.25, -0.2) is 0 Å². The van der Waals surface area contributed by atoms with Gasteiger partial charge in [-0.2, -0.15) is 0 Å². The summed E-state index contributed by atoms with van der Waals surface area (Å²) in [6.07, 6.45) is 67.8. The summed E-state index contributed by atoms with van der Waals surface area (Å²) in [4.78, 5) is 24.6. The summed E-state index contributed by atoms with van der Waals surface area (Å²) in [7, 11) is 0. The van der Waals surface area contributed by atoms with Gasteiger partial charge in [-0.05, 0) is 51.4 Å². The SMILES string of the molecule is CCCCCCCC/C=C\CCCCCCCCCC(=O)OCCCCCCCCCCCC(=O)NC(CO)C(O)CCCCCCCCCCCCCCCCCCCCCCCCCC. The van der Waals surface area contributed by atoms with Crippen molar-refractivity contribution in [1.29, 1.82) is 0 Å². The van der Waals surface area contributed by atoms with Gasteiger partial charge >= 0.3 is 5.97 Å². The molecular weight excluding hydrogens is 827 g/mol. The molecule has 0 radical (unpaired) electrons. The van der Waals surface area contributed by atoms with Crippen LogP contribution in [-0.2, 0) is 14.3 Å². The average Bonchev–Trinajstić information content (AvgIpc) is 3.33. The van der Waals surface area contributed by atoms with Crippen LogP contribution in [0.15, 0.2) is 12.2 Å². The molecule has 0 fully saturated rings. The largest absolute Gasteiger partial charge is 0.466 e. The van der Waals surface area contributed by atoms with Gasteiger partial charge in [0, 0.05) is 12.8 Å². The van der Waals surface area contributed by atoms with Gasteiger partial charge in [0.25, 0.3) is 0 Å².